The monoisotopic (exact) mass is 362 g/mol. The summed E-state index contributed by atoms with van der Waals surface area (Å²) in [5.74, 6) is 0.0675. The average Bonchev–Trinajstić information content (AvgIpc) is 2.28. The van der Waals surface area contributed by atoms with E-state index in [2.05, 4.69) is 66.0 Å². The van der Waals surface area contributed by atoms with Gasteiger partial charge < -0.3 is 10.6 Å². The summed E-state index contributed by atoms with van der Waals surface area (Å²) in [5.41, 5.74) is -1.41. The highest BCUT2D eigenvalue weighted by atomic mass is 16.2. The Kier molecular flexibility index (Phi) is 3.98. The molecule has 4 heteroatoms. The van der Waals surface area contributed by atoms with Crippen molar-refractivity contribution in [1.82, 2.24) is 10.6 Å². The summed E-state index contributed by atoms with van der Waals surface area (Å²) in [4.78, 5) is 26.9. The van der Waals surface area contributed by atoms with E-state index in [0.29, 0.717) is 25.7 Å². The highest BCUT2D eigenvalue weighted by Gasteiger charge is 2.62. The van der Waals surface area contributed by atoms with E-state index < -0.39 is 11.1 Å². The molecule has 1 aliphatic heterocycles. The summed E-state index contributed by atoms with van der Waals surface area (Å²) in [6, 6.07) is 0. The first-order valence-electron chi connectivity index (χ1n) is 10.2. The van der Waals surface area contributed by atoms with E-state index >= 15 is 0 Å². The number of rotatable bonds is 0. The molecule has 2 saturated carbocycles. The number of piperazine rings is 1. The zero-order valence-electron chi connectivity index (χ0n) is 18.1. The number of carbonyl (C=O) groups excluding carboxylic acids is 2. The Hall–Kier alpha value is -1.06. The van der Waals surface area contributed by atoms with Crippen LogP contribution in [0, 0.1) is 21.7 Å². The van der Waals surface area contributed by atoms with E-state index in [-0.39, 0.29) is 33.5 Å². The van der Waals surface area contributed by atoms with Crippen LogP contribution >= 0.6 is 0 Å². The zero-order chi connectivity index (χ0) is 19.8. The quantitative estimate of drug-likeness (QED) is 0.679. The second-order valence-electron chi connectivity index (χ2n) is 12.8. The molecule has 2 spiro atoms. The standard InChI is InChI=1S/C22H38N2O2/c1-17(2)9-18(3,4)12-21(11-17)15(25)24-22(16(26)23-21)13-19(5,6)10-20(7,8)14-22/h9-14H2,1-8H3,(H,23,26)(H,24,25). The maximum absolute atomic E-state index is 13.5. The van der Waals surface area contributed by atoms with E-state index in [1.165, 1.54) is 0 Å². The molecule has 2 aliphatic carbocycles. The van der Waals surface area contributed by atoms with Crippen LogP contribution in [0.5, 0.6) is 0 Å². The van der Waals surface area contributed by atoms with Gasteiger partial charge in [0.2, 0.25) is 11.8 Å². The first kappa shape index (κ1) is 19.7. The molecule has 0 bridgehead atoms. The molecule has 2 N–H and O–H groups in total. The first-order chi connectivity index (χ1) is 11.5. The van der Waals surface area contributed by atoms with Gasteiger partial charge in [0.1, 0.15) is 11.1 Å². The molecule has 1 saturated heterocycles. The van der Waals surface area contributed by atoms with Crippen LogP contribution in [0.15, 0.2) is 0 Å². The van der Waals surface area contributed by atoms with Crippen LogP contribution in [-0.2, 0) is 9.59 Å². The van der Waals surface area contributed by atoms with Crippen molar-refractivity contribution in [3.63, 3.8) is 0 Å². The third-order valence-corrected chi connectivity index (χ3v) is 6.61. The minimum absolute atomic E-state index is 0.0297. The van der Waals surface area contributed by atoms with Crippen LogP contribution in [0.2, 0.25) is 0 Å². The molecular weight excluding hydrogens is 324 g/mol. The lowest BCUT2D eigenvalue weighted by molar-refractivity contribution is -0.158. The summed E-state index contributed by atoms with van der Waals surface area (Å²) in [5, 5.41) is 6.56. The molecule has 1 heterocycles. The van der Waals surface area contributed by atoms with E-state index in [4.69, 9.17) is 0 Å². The molecule has 3 rings (SSSR count). The van der Waals surface area contributed by atoms with E-state index in [1.54, 1.807) is 0 Å². The number of hydrogen-bond acceptors (Lipinski definition) is 2. The molecule has 2 amide bonds. The fourth-order valence-corrected chi connectivity index (χ4v) is 7.52. The van der Waals surface area contributed by atoms with Crippen LogP contribution in [0.4, 0.5) is 0 Å². The van der Waals surface area contributed by atoms with Gasteiger partial charge in [-0.2, -0.15) is 0 Å². The van der Waals surface area contributed by atoms with Crippen molar-refractivity contribution >= 4 is 11.8 Å². The van der Waals surface area contributed by atoms with Crippen molar-refractivity contribution in [3.05, 3.63) is 0 Å². The number of nitrogens with one attached hydrogen (secondary N) is 2. The Morgan fingerprint density at radius 1 is 0.500 bits per heavy atom. The Morgan fingerprint density at radius 3 is 0.962 bits per heavy atom. The van der Waals surface area contributed by atoms with Crippen LogP contribution in [0.3, 0.4) is 0 Å². The zero-order valence-corrected chi connectivity index (χ0v) is 18.1. The lowest BCUT2D eigenvalue weighted by Crippen LogP contribution is -2.78. The fraction of sp³-hybridized carbons (Fsp3) is 0.909. The molecule has 0 unspecified atom stereocenters. The molecule has 3 aliphatic rings. The highest BCUT2D eigenvalue weighted by Crippen LogP contribution is 2.54. The molecule has 0 radical (unpaired) electrons. The van der Waals surface area contributed by atoms with Gasteiger partial charge in [-0.1, -0.05) is 55.4 Å². The second kappa shape index (κ2) is 5.26. The van der Waals surface area contributed by atoms with E-state index in [0.717, 1.165) is 12.8 Å². The summed E-state index contributed by atoms with van der Waals surface area (Å²) in [6.45, 7) is 17.7. The van der Waals surface area contributed by atoms with Crippen molar-refractivity contribution in [2.24, 2.45) is 21.7 Å². The second-order valence-corrected chi connectivity index (χ2v) is 12.8. The van der Waals surface area contributed by atoms with E-state index in [1.807, 2.05) is 0 Å². The SMILES string of the molecule is CC1(C)CC(C)(C)CC2(C1)NC(=O)C1(CC(C)(C)CC(C)(C)C1)NC2=O. The third kappa shape index (κ3) is 3.41. The van der Waals surface area contributed by atoms with Gasteiger partial charge in [0.25, 0.3) is 0 Å². The Balaban J connectivity index is 1.95. The Morgan fingerprint density at radius 2 is 0.731 bits per heavy atom. The average molecular weight is 363 g/mol. The maximum atomic E-state index is 13.5. The smallest absolute Gasteiger partial charge is 0.246 e. The van der Waals surface area contributed by atoms with Gasteiger partial charge in [-0.25, -0.2) is 0 Å². The van der Waals surface area contributed by atoms with Crippen LogP contribution in [0.1, 0.15) is 93.9 Å². The minimum Gasteiger partial charge on any atom is -0.340 e. The minimum atomic E-state index is -0.765. The fourth-order valence-electron chi connectivity index (χ4n) is 7.52. The van der Waals surface area contributed by atoms with Gasteiger partial charge in [-0.05, 0) is 60.2 Å². The van der Waals surface area contributed by atoms with Gasteiger partial charge in [0.05, 0.1) is 0 Å². The van der Waals surface area contributed by atoms with Crippen LogP contribution in [-0.4, -0.2) is 22.9 Å². The van der Waals surface area contributed by atoms with Crippen molar-refractivity contribution < 1.29 is 9.59 Å². The summed E-state index contributed by atoms with van der Waals surface area (Å²) >= 11 is 0. The van der Waals surface area contributed by atoms with Crippen molar-refractivity contribution in [2.45, 2.75) is 105 Å². The largest absolute Gasteiger partial charge is 0.340 e. The van der Waals surface area contributed by atoms with Gasteiger partial charge in [0.15, 0.2) is 0 Å². The molecule has 0 aromatic rings. The number of amides is 2. The normalized spacial score (nSPS) is 32.8. The maximum Gasteiger partial charge on any atom is 0.246 e. The van der Waals surface area contributed by atoms with Crippen LogP contribution < -0.4 is 10.6 Å². The first-order valence-corrected chi connectivity index (χ1v) is 10.2. The van der Waals surface area contributed by atoms with Gasteiger partial charge in [0, 0.05) is 0 Å². The topological polar surface area (TPSA) is 58.2 Å². The van der Waals surface area contributed by atoms with Crippen molar-refractivity contribution in [3.8, 4) is 0 Å². The molecule has 26 heavy (non-hydrogen) atoms. The summed E-state index contributed by atoms with van der Waals surface area (Å²) in [7, 11) is 0. The van der Waals surface area contributed by atoms with Crippen molar-refractivity contribution in [2.75, 3.05) is 0 Å². The van der Waals surface area contributed by atoms with Gasteiger partial charge >= 0.3 is 0 Å². The van der Waals surface area contributed by atoms with E-state index in [9.17, 15) is 9.59 Å². The van der Waals surface area contributed by atoms with Crippen molar-refractivity contribution in [1.29, 1.82) is 0 Å². The lowest BCUT2D eigenvalue weighted by atomic mass is 9.54. The van der Waals surface area contributed by atoms with Gasteiger partial charge in [-0.15, -0.1) is 0 Å². The molecule has 0 aromatic carbocycles. The lowest BCUT2D eigenvalue weighted by Gasteiger charge is -2.58. The Bertz CT molecular complexity index is 555. The predicted molar refractivity (Wildman–Crippen MR) is 105 cm³/mol. The molecular formula is C22H38N2O2. The highest BCUT2D eigenvalue weighted by molar-refractivity contribution is 6.02. The summed E-state index contributed by atoms with van der Waals surface area (Å²) < 4.78 is 0. The predicted octanol–water partition coefficient (Wildman–Crippen LogP) is 4.18. The third-order valence-electron chi connectivity index (χ3n) is 6.61. The molecule has 4 nitrogen and oxygen atoms in total. The summed E-state index contributed by atoms with van der Waals surface area (Å²) in [6.07, 6.45) is 4.98. The van der Waals surface area contributed by atoms with Crippen LogP contribution in [0.25, 0.3) is 0 Å². The molecule has 0 atom stereocenters. The Labute approximate surface area is 159 Å². The van der Waals surface area contributed by atoms with Gasteiger partial charge in [-0.3, -0.25) is 9.59 Å². The molecule has 148 valence electrons. The number of carbonyl (C=O) groups is 2. The molecule has 0 aromatic heterocycles. The number of hydrogen-bond donors (Lipinski definition) is 2. The molecule has 3 fully saturated rings.